The Morgan fingerprint density at radius 1 is 0.846 bits per heavy atom. The molecule has 0 aromatic rings. The van der Waals surface area contributed by atoms with E-state index in [1.165, 1.54) is 13.8 Å². The molecule has 12 nitrogen and oxygen atoms in total. The molecule has 1 spiro atoms. The van der Waals surface area contributed by atoms with Crippen molar-refractivity contribution in [3.63, 3.8) is 0 Å². The quantitative estimate of drug-likeness (QED) is 0.189. The maximum absolute atomic E-state index is 12.3. The van der Waals surface area contributed by atoms with E-state index in [4.69, 9.17) is 23.7 Å². The number of hydrogen-bond acceptors (Lipinski definition) is 12. The molecule has 2 heterocycles. The molecular weight excluding hydrogens is 672 g/mol. The van der Waals surface area contributed by atoms with E-state index in [9.17, 15) is 35.1 Å². The fraction of sp³-hybridized carbons (Fsp3) is 0.950. The van der Waals surface area contributed by atoms with Gasteiger partial charge < -0.3 is 49.2 Å². The fourth-order valence-electron chi connectivity index (χ4n) is 13.2. The highest BCUT2D eigenvalue weighted by molar-refractivity contribution is 5.66. The first kappa shape index (κ1) is 40.3. The van der Waals surface area contributed by atoms with Gasteiger partial charge in [0, 0.05) is 24.7 Å². The molecule has 0 aromatic carbocycles. The van der Waals surface area contributed by atoms with Crippen LogP contribution in [0.1, 0.15) is 121 Å². The molecule has 0 aromatic heterocycles. The lowest BCUT2D eigenvalue weighted by Crippen LogP contribution is -2.71. The van der Waals surface area contributed by atoms with Crippen molar-refractivity contribution in [3.05, 3.63) is 0 Å². The van der Waals surface area contributed by atoms with E-state index >= 15 is 0 Å². The molecule has 2 saturated heterocycles. The Hall–Kier alpha value is -1.38. The second-order valence-corrected chi connectivity index (χ2v) is 19.4. The van der Waals surface area contributed by atoms with Gasteiger partial charge in [-0.1, -0.05) is 41.5 Å². The Balaban J connectivity index is 1.41. The van der Waals surface area contributed by atoms with Gasteiger partial charge >= 0.3 is 11.9 Å². The molecule has 0 bridgehead atoms. The maximum Gasteiger partial charge on any atom is 0.302 e. The third kappa shape index (κ3) is 5.99. The van der Waals surface area contributed by atoms with Crippen molar-refractivity contribution in [2.24, 2.45) is 45.3 Å². The predicted octanol–water partition coefficient (Wildman–Crippen LogP) is 3.65. The molecule has 4 saturated carbocycles. The number of carbonyl (C=O) groups excluding carboxylic acids is 2. The molecule has 17 atom stereocenters. The topological polar surface area (TPSA) is 181 Å². The highest BCUT2D eigenvalue weighted by Crippen LogP contribution is 2.77. The van der Waals surface area contributed by atoms with Crippen LogP contribution in [0.5, 0.6) is 0 Å². The molecule has 0 radical (unpaired) electrons. The standard InChI is InChI=1S/C40H66O12/c1-20-17-23(33(46)36(6,7)47)52-40(20)16-15-38(9)26(40)12-11-25-37(8)14-13-28(49-22(3)42)35(4,5)27(37)18-29(39(25,38)10)51-34-32(45)31(44)30(43)24(50-34)19-48-21(2)41/h20,23-34,43-47H,11-19H2,1-10H3. The summed E-state index contributed by atoms with van der Waals surface area (Å²) < 4.78 is 31.3. The van der Waals surface area contributed by atoms with Crippen LogP contribution in [0.2, 0.25) is 0 Å². The van der Waals surface area contributed by atoms with Crippen molar-refractivity contribution in [1.29, 1.82) is 0 Å². The van der Waals surface area contributed by atoms with E-state index in [2.05, 4.69) is 41.5 Å². The van der Waals surface area contributed by atoms with Crippen molar-refractivity contribution in [2.75, 3.05) is 6.61 Å². The zero-order valence-electron chi connectivity index (χ0n) is 33.0. The Morgan fingerprint density at radius 2 is 1.50 bits per heavy atom. The van der Waals surface area contributed by atoms with E-state index in [1.54, 1.807) is 13.8 Å². The normalized spacial score (nSPS) is 50.5. The molecule has 52 heavy (non-hydrogen) atoms. The van der Waals surface area contributed by atoms with Crippen LogP contribution in [0.15, 0.2) is 0 Å². The van der Waals surface area contributed by atoms with E-state index in [0.29, 0.717) is 12.8 Å². The number of esters is 2. The van der Waals surface area contributed by atoms with Crippen molar-refractivity contribution in [3.8, 4) is 0 Å². The smallest absolute Gasteiger partial charge is 0.302 e. The average Bonchev–Trinajstić information content (AvgIpc) is 3.54. The molecule has 0 amide bonds. The zero-order chi connectivity index (χ0) is 38.6. The Labute approximate surface area is 309 Å². The molecule has 6 rings (SSSR count). The summed E-state index contributed by atoms with van der Waals surface area (Å²) in [5, 5.41) is 55.1. The van der Waals surface area contributed by atoms with Gasteiger partial charge in [0.2, 0.25) is 0 Å². The summed E-state index contributed by atoms with van der Waals surface area (Å²) in [7, 11) is 0. The van der Waals surface area contributed by atoms with Gasteiger partial charge in [0.25, 0.3) is 0 Å². The largest absolute Gasteiger partial charge is 0.463 e. The van der Waals surface area contributed by atoms with Crippen molar-refractivity contribution < 1.29 is 58.8 Å². The first-order valence-corrected chi connectivity index (χ1v) is 19.7. The first-order valence-electron chi connectivity index (χ1n) is 19.7. The third-order valence-corrected chi connectivity index (χ3v) is 16.1. The lowest BCUT2D eigenvalue weighted by Gasteiger charge is -2.72. The van der Waals surface area contributed by atoms with Crippen LogP contribution >= 0.6 is 0 Å². The minimum absolute atomic E-state index is 0.0674. The number of ether oxygens (including phenoxy) is 5. The van der Waals surface area contributed by atoms with Crippen molar-refractivity contribution in [2.45, 2.75) is 187 Å². The van der Waals surface area contributed by atoms with Crippen LogP contribution in [-0.2, 0) is 33.3 Å². The van der Waals surface area contributed by atoms with Gasteiger partial charge in [-0.3, -0.25) is 9.59 Å². The summed E-state index contributed by atoms with van der Waals surface area (Å²) in [4.78, 5) is 24.0. The van der Waals surface area contributed by atoms with Crippen LogP contribution in [0, 0.1) is 45.3 Å². The monoisotopic (exact) mass is 738 g/mol. The second kappa shape index (κ2) is 13.4. The lowest BCUT2D eigenvalue weighted by molar-refractivity contribution is -0.351. The van der Waals surface area contributed by atoms with Crippen LogP contribution in [0.25, 0.3) is 0 Å². The Morgan fingerprint density at radius 3 is 2.12 bits per heavy atom. The van der Waals surface area contributed by atoms with E-state index in [-0.39, 0.29) is 53.2 Å². The van der Waals surface area contributed by atoms with E-state index < -0.39 is 77.0 Å². The van der Waals surface area contributed by atoms with Crippen molar-refractivity contribution >= 4 is 11.9 Å². The van der Waals surface area contributed by atoms with Gasteiger partial charge in [-0.2, -0.15) is 0 Å². The summed E-state index contributed by atoms with van der Waals surface area (Å²) in [5.74, 6) is -0.364. The second-order valence-electron chi connectivity index (χ2n) is 19.4. The van der Waals surface area contributed by atoms with Gasteiger partial charge in [-0.25, -0.2) is 0 Å². The van der Waals surface area contributed by atoms with Crippen LogP contribution in [0.4, 0.5) is 0 Å². The number of carbonyl (C=O) groups is 2. The fourth-order valence-corrected chi connectivity index (χ4v) is 13.2. The number of hydrogen-bond donors (Lipinski definition) is 5. The highest BCUT2D eigenvalue weighted by atomic mass is 16.7. The van der Waals surface area contributed by atoms with E-state index in [1.807, 2.05) is 0 Å². The lowest BCUT2D eigenvalue weighted by atomic mass is 9.34. The molecular formula is C40H66O12. The first-order chi connectivity index (χ1) is 23.9. The summed E-state index contributed by atoms with van der Waals surface area (Å²) in [6.07, 6.45) is -3.00. The number of rotatable bonds is 7. The molecule has 5 N–H and O–H groups in total. The molecule has 6 aliphatic rings. The number of aliphatic hydroxyl groups excluding tert-OH is 4. The van der Waals surface area contributed by atoms with Crippen LogP contribution in [-0.4, -0.2) is 110 Å². The summed E-state index contributed by atoms with van der Waals surface area (Å²) in [5.41, 5.74) is -3.15. The Kier molecular flexibility index (Phi) is 10.4. The molecule has 17 unspecified atom stereocenters. The molecule has 6 fully saturated rings. The average molecular weight is 739 g/mol. The zero-order valence-corrected chi connectivity index (χ0v) is 33.0. The highest BCUT2D eigenvalue weighted by Gasteiger charge is 2.76. The molecule has 298 valence electrons. The van der Waals surface area contributed by atoms with Crippen LogP contribution < -0.4 is 0 Å². The summed E-state index contributed by atoms with van der Waals surface area (Å²) >= 11 is 0. The third-order valence-electron chi connectivity index (χ3n) is 16.1. The number of aliphatic hydroxyl groups is 5. The van der Waals surface area contributed by atoms with Gasteiger partial charge in [0.1, 0.15) is 43.2 Å². The maximum atomic E-state index is 12.3. The molecule has 12 heteroatoms. The summed E-state index contributed by atoms with van der Waals surface area (Å²) in [6, 6.07) is 0. The SMILES string of the molecule is CC(=O)OCC1OC(OC2CC3C(C)(C)C(OC(C)=O)CCC3(C)C3CCC4C5(CCC4(C)C23C)OC(C(O)C(C)(C)O)CC5C)C(O)C(O)C1O. The van der Waals surface area contributed by atoms with Crippen LogP contribution in [0.3, 0.4) is 0 Å². The molecule has 2 aliphatic heterocycles. The molecule has 4 aliphatic carbocycles. The van der Waals surface area contributed by atoms with E-state index in [0.717, 1.165) is 38.5 Å². The predicted molar refractivity (Wildman–Crippen MR) is 188 cm³/mol. The van der Waals surface area contributed by atoms with Gasteiger partial charge in [-0.05, 0) is 99.7 Å². The minimum Gasteiger partial charge on any atom is -0.463 e. The summed E-state index contributed by atoms with van der Waals surface area (Å²) in [6.45, 7) is 19.3. The minimum atomic E-state index is -1.59. The van der Waals surface area contributed by atoms with Gasteiger partial charge in [-0.15, -0.1) is 0 Å². The van der Waals surface area contributed by atoms with Gasteiger partial charge in [0.15, 0.2) is 6.29 Å². The van der Waals surface area contributed by atoms with Gasteiger partial charge in [0.05, 0.1) is 23.4 Å². The Bertz CT molecular complexity index is 1360. The number of fused-ring (bicyclic) bond motifs is 6. The van der Waals surface area contributed by atoms with Crippen molar-refractivity contribution in [1.82, 2.24) is 0 Å².